The van der Waals surface area contributed by atoms with Crippen molar-refractivity contribution >= 4 is 20.3 Å². The number of aryl methyl sites for hydroxylation is 2. The Labute approximate surface area is 135 Å². The van der Waals surface area contributed by atoms with Crippen molar-refractivity contribution in [3.8, 4) is 11.1 Å². The van der Waals surface area contributed by atoms with Crippen molar-refractivity contribution < 1.29 is 19.4 Å². The molecule has 1 aliphatic rings. The number of fused-ring (bicyclic) bond motifs is 3. The van der Waals surface area contributed by atoms with Gasteiger partial charge in [-0.15, -0.1) is 0 Å². The Morgan fingerprint density at radius 1 is 1.00 bits per heavy atom. The molecule has 0 fully saturated rings. The Balaban J connectivity index is 2.18. The molecule has 0 heterocycles. The van der Waals surface area contributed by atoms with Gasteiger partial charge >= 0.3 is 136 Å². The number of benzene rings is 2. The van der Waals surface area contributed by atoms with Gasteiger partial charge in [0.05, 0.1) is 0 Å². The van der Waals surface area contributed by atoms with Gasteiger partial charge < -0.3 is 0 Å². The monoisotopic (exact) mass is 381 g/mol. The van der Waals surface area contributed by atoms with Crippen molar-refractivity contribution in [3.63, 3.8) is 0 Å². The van der Waals surface area contributed by atoms with Crippen LogP contribution < -0.4 is 3.27 Å². The van der Waals surface area contributed by atoms with Gasteiger partial charge in [0.1, 0.15) is 0 Å². The van der Waals surface area contributed by atoms with Crippen LogP contribution in [0.15, 0.2) is 30.3 Å². The van der Waals surface area contributed by atoms with Gasteiger partial charge in [-0.25, -0.2) is 0 Å². The van der Waals surface area contributed by atoms with E-state index in [0.717, 1.165) is 19.3 Å². The van der Waals surface area contributed by atoms with E-state index in [0.29, 0.717) is 0 Å². The maximum absolute atomic E-state index is 6.43. The number of halogens is 2. The van der Waals surface area contributed by atoms with E-state index in [4.69, 9.17) is 17.0 Å². The summed E-state index contributed by atoms with van der Waals surface area (Å²) in [5.41, 5.74) is 8.34. The first-order valence-corrected chi connectivity index (χ1v) is 14.7. The van der Waals surface area contributed by atoms with Crippen LogP contribution in [0.3, 0.4) is 0 Å². The molecular formula is C17H17Cl2Zr. The van der Waals surface area contributed by atoms with Gasteiger partial charge in [-0.1, -0.05) is 0 Å². The first-order chi connectivity index (χ1) is 9.65. The number of hydrogen-bond acceptors (Lipinski definition) is 0. The van der Waals surface area contributed by atoms with E-state index in [2.05, 4.69) is 44.2 Å². The molecule has 20 heavy (non-hydrogen) atoms. The SMILES string of the molecule is CCc1ccc2c(c1)Cc1c-2ccc(CC)[c]1[Zr]([Cl])[Cl]. The summed E-state index contributed by atoms with van der Waals surface area (Å²) in [4.78, 5) is 0. The molecule has 0 saturated heterocycles. The molecule has 0 N–H and O–H groups in total. The molecule has 0 nitrogen and oxygen atoms in total. The zero-order valence-corrected chi connectivity index (χ0v) is 15.7. The van der Waals surface area contributed by atoms with Crippen molar-refractivity contribution in [1.82, 2.24) is 0 Å². The first kappa shape index (κ1) is 14.8. The second-order valence-electron chi connectivity index (χ2n) is 5.26. The molecule has 0 aromatic heterocycles. The van der Waals surface area contributed by atoms with Crippen molar-refractivity contribution in [2.24, 2.45) is 0 Å². The second-order valence-corrected chi connectivity index (χ2v) is 13.4. The zero-order chi connectivity index (χ0) is 14.3. The van der Waals surface area contributed by atoms with Crippen LogP contribution in [0.4, 0.5) is 0 Å². The normalized spacial score (nSPS) is 12.2. The molecule has 2 aromatic carbocycles. The molecule has 0 radical (unpaired) electrons. The van der Waals surface area contributed by atoms with Crippen molar-refractivity contribution in [1.29, 1.82) is 0 Å². The van der Waals surface area contributed by atoms with Crippen LogP contribution >= 0.6 is 17.0 Å². The minimum absolute atomic E-state index is 1.01. The quantitative estimate of drug-likeness (QED) is 0.601. The van der Waals surface area contributed by atoms with Crippen molar-refractivity contribution in [2.45, 2.75) is 33.1 Å². The Morgan fingerprint density at radius 3 is 2.40 bits per heavy atom. The summed E-state index contributed by atoms with van der Waals surface area (Å²) in [6.07, 6.45) is 3.11. The van der Waals surface area contributed by atoms with Crippen LogP contribution in [-0.4, -0.2) is 0 Å². The van der Waals surface area contributed by atoms with E-state index >= 15 is 0 Å². The van der Waals surface area contributed by atoms with Gasteiger partial charge in [0, 0.05) is 0 Å². The van der Waals surface area contributed by atoms with E-state index < -0.39 is 19.4 Å². The van der Waals surface area contributed by atoms with E-state index in [1.165, 1.54) is 36.7 Å². The predicted molar refractivity (Wildman–Crippen MR) is 84.8 cm³/mol. The molecule has 3 rings (SSSR count). The average molecular weight is 383 g/mol. The molecule has 0 saturated carbocycles. The number of hydrogen-bond donors (Lipinski definition) is 0. The van der Waals surface area contributed by atoms with E-state index in [9.17, 15) is 0 Å². The first-order valence-electron chi connectivity index (χ1n) is 7.11. The molecule has 1 aliphatic carbocycles. The summed E-state index contributed by atoms with van der Waals surface area (Å²) in [5.74, 6) is 0. The summed E-state index contributed by atoms with van der Waals surface area (Å²) < 4.78 is 1.32. The van der Waals surface area contributed by atoms with E-state index in [1.807, 2.05) is 0 Å². The number of rotatable bonds is 3. The van der Waals surface area contributed by atoms with Gasteiger partial charge in [0.25, 0.3) is 0 Å². The summed E-state index contributed by atoms with van der Waals surface area (Å²) in [6.45, 7) is 4.39. The second kappa shape index (κ2) is 5.95. The van der Waals surface area contributed by atoms with Gasteiger partial charge in [-0.3, -0.25) is 0 Å². The molecule has 103 valence electrons. The van der Waals surface area contributed by atoms with Gasteiger partial charge in [-0.2, -0.15) is 0 Å². The molecule has 0 amide bonds. The van der Waals surface area contributed by atoms with Gasteiger partial charge in [0.15, 0.2) is 0 Å². The van der Waals surface area contributed by atoms with Crippen molar-refractivity contribution in [2.75, 3.05) is 0 Å². The standard InChI is InChI=1S/C17H17.2ClH.Zr/c1-3-12-5-7-16-14(9-12)11-15-10-13(4-2)6-8-17(15)16;;;/h5-9H,3-4,11H2,1-2H3;2*1H;/q;;;+2/p-2. The van der Waals surface area contributed by atoms with E-state index in [-0.39, 0.29) is 0 Å². The summed E-state index contributed by atoms with van der Waals surface area (Å²) in [7, 11) is 12.9. The van der Waals surface area contributed by atoms with Crippen molar-refractivity contribution in [3.05, 3.63) is 52.6 Å². The molecule has 0 aliphatic heterocycles. The van der Waals surface area contributed by atoms with Crippen LogP contribution in [0.1, 0.15) is 36.1 Å². The van der Waals surface area contributed by atoms with Crippen LogP contribution in [0.5, 0.6) is 0 Å². The fourth-order valence-electron chi connectivity index (χ4n) is 3.13. The van der Waals surface area contributed by atoms with Crippen LogP contribution in [0.2, 0.25) is 0 Å². The maximum atomic E-state index is 6.43. The molecule has 0 spiro atoms. The Kier molecular flexibility index (Phi) is 4.41. The topological polar surface area (TPSA) is 0 Å². The fourth-order valence-corrected chi connectivity index (χ4v) is 8.26. The van der Waals surface area contributed by atoms with Crippen LogP contribution in [0.25, 0.3) is 11.1 Å². The van der Waals surface area contributed by atoms with Crippen LogP contribution in [-0.2, 0) is 38.6 Å². The Bertz CT molecular complexity index is 662. The Morgan fingerprint density at radius 2 is 1.75 bits per heavy atom. The predicted octanol–water partition coefficient (Wildman–Crippen LogP) is 4.93. The zero-order valence-electron chi connectivity index (χ0n) is 11.8. The fraction of sp³-hybridized carbons (Fsp3) is 0.294. The molecular weight excluding hydrogens is 366 g/mol. The third-order valence-electron chi connectivity index (χ3n) is 4.20. The van der Waals surface area contributed by atoms with E-state index in [1.54, 1.807) is 0 Å². The molecule has 2 aromatic rings. The van der Waals surface area contributed by atoms with Crippen LogP contribution in [0, 0.1) is 0 Å². The average Bonchev–Trinajstić information content (AvgIpc) is 2.82. The van der Waals surface area contributed by atoms with Gasteiger partial charge in [0.2, 0.25) is 0 Å². The minimum atomic E-state index is -2.42. The van der Waals surface area contributed by atoms with Gasteiger partial charge in [-0.05, 0) is 0 Å². The molecule has 0 atom stereocenters. The molecule has 0 bridgehead atoms. The summed E-state index contributed by atoms with van der Waals surface area (Å²) in [6, 6.07) is 11.3. The molecule has 3 heteroatoms. The molecule has 0 unspecified atom stereocenters. The third-order valence-corrected chi connectivity index (χ3v) is 8.90. The summed E-state index contributed by atoms with van der Waals surface area (Å²) in [5, 5.41) is 0. The Hall–Kier alpha value is -0.0969. The summed E-state index contributed by atoms with van der Waals surface area (Å²) >= 11 is -2.42. The third kappa shape index (κ3) is 2.43.